The van der Waals surface area contributed by atoms with Gasteiger partial charge in [0.05, 0.1) is 6.61 Å². The fourth-order valence-corrected chi connectivity index (χ4v) is 1.85. The van der Waals surface area contributed by atoms with Crippen LogP contribution in [0, 0.1) is 0 Å². The number of likely N-dealkylation sites (tertiary alicyclic amines) is 1. The standard InChI is InChI=1S/C12H22N2O4.C2H6/c1-5-17-10(15)9-6-8(13)7-14(9)11(16)18-12(2,3)4;1-2/h8-9H,5-7,13H2,1-4H3;1-2H3. The van der Waals surface area contributed by atoms with Crippen LogP contribution in [0.1, 0.15) is 48.0 Å². The smallest absolute Gasteiger partial charge is 0.411 e. The number of carbonyl (C=O) groups excluding carboxylic acids is 2. The van der Waals surface area contributed by atoms with Crippen LogP contribution in [-0.4, -0.2) is 47.8 Å². The third-order valence-corrected chi connectivity index (χ3v) is 2.52. The molecule has 0 aromatic carbocycles. The molecule has 2 unspecified atom stereocenters. The highest BCUT2D eigenvalue weighted by Gasteiger charge is 2.41. The van der Waals surface area contributed by atoms with Gasteiger partial charge in [0.1, 0.15) is 11.6 Å². The number of esters is 1. The fraction of sp³-hybridized carbons (Fsp3) is 0.857. The van der Waals surface area contributed by atoms with E-state index in [1.54, 1.807) is 27.7 Å². The first-order valence-corrected chi connectivity index (χ1v) is 7.16. The SMILES string of the molecule is CC.CCOC(=O)C1CC(N)CN1C(=O)OC(C)(C)C. The lowest BCUT2D eigenvalue weighted by molar-refractivity contribution is -0.148. The number of rotatable bonds is 2. The van der Waals surface area contributed by atoms with Crippen LogP contribution in [0.3, 0.4) is 0 Å². The summed E-state index contributed by atoms with van der Waals surface area (Å²) in [7, 11) is 0. The molecule has 0 aromatic rings. The summed E-state index contributed by atoms with van der Waals surface area (Å²) in [5.74, 6) is -0.420. The van der Waals surface area contributed by atoms with E-state index in [0.29, 0.717) is 13.0 Å². The minimum Gasteiger partial charge on any atom is -0.464 e. The highest BCUT2D eigenvalue weighted by molar-refractivity contribution is 5.82. The van der Waals surface area contributed by atoms with Gasteiger partial charge in [-0.15, -0.1) is 0 Å². The third kappa shape index (κ3) is 5.77. The van der Waals surface area contributed by atoms with Gasteiger partial charge in [0, 0.05) is 12.6 Å². The van der Waals surface area contributed by atoms with Crippen molar-refractivity contribution in [1.82, 2.24) is 4.90 Å². The van der Waals surface area contributed by atoms with Gasteiger partial charge in [-0.3, -0.25) is 4.90 Å². The van der Waals surface area contributed by atoms with E-state index < -0.39 is 23.7 Å². The van der Waals surface area contributed by atoms with Crippen molar-refractivity contribution < 1.29 is 19.1 Å². The predicted molar refractivity (Wildman–Crippen MR) is 77.3 cm³/mol. The predicted octanol–water partition coefficient (Wildman–Crippen LogP) is 1.91. The van der Waals surface area contributed by atoms with Crippen molar-refractivity contribution in [2.45, 2.75) is 65.6 Å². The number of nitrogens with two attached hydrogens (primary N) is 1. The third-order valence-electron chi connectivity index (χ3n) is 2.52. The van der Waals surface area contributed by atoms with Crippen molar-refractivity contribution in [3.05, 3.63) is 0 Å². The van der Waals surface area contributed by atoms with Crippen molar-refractivity contribution in [3.8, 4) is 0 Å². The molecule has 0 aliphatic carbocycles. The lowest BCUT2D eigenvalue weighted by atomic mass is 10.2. The molecule has 0 saturated carbocycles. The van der Waals surface area contributed by atoms with Crippen LogP contribution in [0.5, 0.6) is 0 Å². The molecule has 1 saturated heterocycles. The molecule has 118 valence electrons. The van der Waals surface area contributed by atoms with Crippen LogP contribution in [0.25, 0.3) is 0 Å². The van der Waals surface area contributed by atoms with Crippen LogP contribution < -0.4 is 5.73 Å². The van der Waals surface area contributed by atoms with Gasteiger partial charge in [-0.1, -0.05) is 13.8 Å². The molecule has 1 amide bonds. The van der Waals surface area contributed by atoms with E-state index in [-0.39, 0.29) is 12.6 Å². The Balaban J connectivity index is 0.00000172. The van der Waals surface area contributed by atoms with Gasteiger partial charge < -0.3 is 15.2 Å². The number of ether oxygens (including phenoxy) is 2. The van der Waals surface area contributed by atoms with E-state index in [2.05, 4.69) is 0 Å². The van der Waals surface area contributed by atoms with E-state index >= 15 is 0 Å². The zero-order chi connectivity index (χ0) is 15.9. The van der Waals surface area contributed by atoms with Gasteiger partial charge in [0.2, 0.25) is 0 Å². The quantitative estimate of drug-likeness (QED) is 0.785. The Hall–Kier alpha value is -1.30. The first-order chi connectivity index (χ1) is 9.24. The molecule has 1 aliphatic rings. The topological polar surface area (TPSA) is 81.9 Å². The zero-order valence-electron chi connectivity index (χ0n) is 13.4. The average molecular weight is 288 g/mol. The molecule has 1 rings (SSSR count). The van der Waals surface area contributed by atoms with Crippen molar-refractivity contribution in [3.63, 3.8) is 0 Å². The lowest BCUT2D eigenvalue weighted by Gasteiger charge is -2.27. The van der Waals surface area contributed by atoms with Crippen LogP contribution in [0.4, 0.5) is 4.79 Å². The first kappa shape index (κ1) is 18.7. The molecular formula is C14H28N2O4. The summed E-state index contributed by atoms with van der Waals surface area (Å²) < 4.78 is 10.2. The largest absolute Gasteiger partial charge is 0.464 e. The van der Waals surface area contributed by atoms with Crippen molar-refractivity contribution >= 4 is 12.1 Å². The molecule has 20 heavy (non-hydrogen) atoms. The first-order valence-electron chi connectivity index (χ1n) is 7.16. The lowest BCUT2D eigenvalue weighted by Crippen LogP contribution is -2.44. The highest BCUT2D eigenvalue weighted by Crippen LogP contribution is 2.21. The molecule has 1 fully saturated rings. The summed E-state index contributed by atoms with van der Waals surface area (Å²) in [4.78, 5) is 25.1. The summed E-state index contributed by atoms with van der Waals surface area (Å²) >= 11 is 0. The summed E-state index contributed by atoms with van der Waals surface area (Å²) in [5.41, 5.74) is 5.20. The molecule has 1 aliphatic heterocycles. The number of carbonyl (C=O) groups is 2. The van der Waals surface area contributed by atoms with Crippen molar-refractivity contribution in [1.29, 1.82) is 0 Å². The van der Waals surface area contributed by atoms with E-state index in [4.69, 9.17) is 15.2 Å². The summed E-state index contributed by atoms with van der Waals surface area (Å²) in [6.07, 6.45) is -0.105. The van der Waals surface area contributed by atoms with Crippen LogP contribution >= 0.6 is 0 Å². The van der Waals surface area contributed by atoms with E-state index in [1.807, 2.05) is 13.8 Å². The average Bonchev–Trinajstić information content (AvgIpc) is 2.72. The summed E-state index contributed by atoms with van der Waals surface area (Å²) in [6.45, 7) is 11.7. The van der Waals surface area contributed by atoms with Gasteiger partial charge in [0.25, 0.3) is 0 Å². The van der Waals surface area contributed by atoms with Crippen molar-refractivity contribution in [2.24, 2.45) is 5.73 Å². The monoisotopic (exact) mass is 288 g/mol. The van der Waals surface area contributed by atoms with Crippen LogP contribution in [0.2, 0.25) is 0 Å². The van der Waals surface area contributed by atoms with Gasteiger partial charge >= 0.3 is 12.1 Å². The molecule has 6 nitrogen and oxygen atoms in total. The second-order valence-electron chi connectivity index (χ2n) is 5.40. The Bertz CT molecular complexity index is 326. The normalized spacial score (nSPS) is 21.9. The van der Waals surface area contributed by atoms with Gasteiger partial charge in [-0.05, 0) is 34.1 Å². The molecular weight excluding hydrogens is 260 g/mol. The Morgan fingerprint density at radius 3 is 2.30 bits per heavy atom. The Kier molecular flexibility index (Phi) is 7.57. The molecule has 1 heterocycles. The van der Waals surface area contributed by atoms with E-state index in [9.17, 15) is 9.59 Å². The fourth-order valence-electron chi connectivity index (χ4n) is 1.85. The second kappa shape index (κ2) is 8.09. The van der Waals surface area contributed by atoms with Gasteiger partial charge in [0.15, 0.2) is 0 Å². The zero-order valence-corrected chi connectivity index (χ0v) is 13.4. The molecule has 0 radical (unpaired) electrons. The maximum absolute atomic E-state index is 12.0. The molecule has 0 spiro atoms. The second-order valence-corrected chi connectivity index (χ2v) is 5.40. The van der Waals surface area contributed by atoms with Crippen LogP contribution in [0.15, 0.2) is 0 Å². The van der Waals surface area contributed by atoms with Crippen molar-refractivity contribution in [2.75, 3.05) is 13.2 Å². The molecule has 2 N–H and O–H groups in total. The Labute approximate surface area is 121 Å². The summed E-state index contributed by atoms with van der Waals surface area (Å²) in [6, 6.07) is -0.846. The molecule has 0 aromatic heterocycles. The molecule has 2 atom stereocenters. The van der Waals surface area contributed by atoms with E-state index in [1.165, 1.54) is 4.90 Å². The number of nitrogens with zero attached hydrogens (tertiary/aromatic N) is 1. The minimum absolute atomic E-state index is 0.216. The summed E-state index contributed by atoms with van der Waals surface area (Å²) in [5, 5.41) is 0. The van der Waals surface area contributed by atoms with E-state index in [0.717, 1.165) is 0 Å². The molecule has 6 heteroatoms. The Morgan fingerprint density at radius 2 is 1.85 bits per heavy atom. The molecule has 0 bridgehead atoms. The maximum Gasteiger partial charge on any atom is 0.411 e. The highest BCUT2D eigenvalue weighted by atomic mass is 16.6. The van der Waals surface area contributed by atoms with Gasteiger partial charge in [-0.2, -0.15) is 0 Å². The Morgan fingerprint density at radius 1 is 1.30 bits per heavy atom. The van der Waals surface area contributed by atoms with Crippen LogP contribution in [-0.2, 0) is 14.3 Å². The number of hydrogen-bond donors (Lipinski definition) is 1. The van der Waals surface area contributed by atoms with Gasteiger partial charge in [-0.25, -0.2) is 9.59 Å². The number of amides is 1. The minimum atomic E-state index is -0.630. The maximum atomic E-state index is 12.0. The number of hydrogen-bond acceptors (Lipinski definition) is 5.